The molecule has 18 heavy (non-hydrogen) atoms. The first-order valence-electron chi connectivity index (χ1n) is 6.85. The van der Waals surface area contributed by atoms with E-state index in [1.54, 1.807) is 7.11 Å². The molecule has 0 radical (unpaired) electrons. The highest BCUT2D eigenvalue weighted by Gasteiger charge is 2.02. The van der Waals surface area contributed by atoms with Crippen LogP contribution in [0.1, 0.15) is 32.1 Å². The third kappa shape index (κ3) is 11.8. The Balaban J connectivity index is 3.31. The summed E-state index contributed by atoms with van der Waals surface area (Å²) in [5, 5.41) is 2.93. The SMILES string of the molecule is COCCN(C)CCNC(=O)CCCCCCN. The van der Waals surface area contributed by atoms with E-state index < -0.39 is 0 Å². The Hall–Kier alpha value is -0.650. The van der Waals surface area contributed by atoms with E-state index in [1.807, 2.05) is 7.05 Å². The third-order valence-corrected chi connectivity index (χ3v) is 2.85. The maximum atomic E-state index is 11.5. The van der Waals surface area contributed by atoms with Crippen LogP contribution < -0.4 is 11.1 Å². The number of carbonyl (C=O) groups is 1. The van der Waals surface area contributed by atoms with Crippen molar-refractivity contribution in [2.75, 3.05) is 46.9 Å². The van der Waals surface area contributed by atoms with Gasteiger partial charge in [-0.25, -0.2) is 0 Å². The Morgan fingerprint density at radius 3 is 2.61 bits per heavy atom. The van der Waals surface area contributed by atoms with Crippen molar-refractivity contribution < 1.29 is 9.53 Å². The zero-order chi connectivity index (χ0) is 13.6. The highest BCUT2D eigenvalue weighted by atomic mass is 16.5. The summed E-state index contributed by atoms with van der Waals surface area (Å²) in [5.74, 6) is 0.155. The quantitative estimate of drug-likeness (QED) is 0.503. The van der Waals surface area contributed by atoms with E-state index in [-0.39, 0.29) is 5.91 Å². The first kappa shape index (κ1) is 17.4. The second-order valence-electron chi connectivity index (χ2n) is 4.60. The maximum Gasteiger partial charge on any atom is 0.220 e. The number of methoxy groups -OCH3 is 1. The Morgan fingerprint density at radius 1 is 1.22 bits per heavy atom. The number of hydrogen-bond donors (Lipinski definition) is 2. The average Bonchev–Trinajstić information content (AvgIpc) is 2.36. The Bertz CT molecular complexity index is 201. The van der Waals surface area contributed by atoms with Crippen LogP contribution in [-0.2, 0) is 9.53 Å². The molecule has 0 bridgehead atoms. The van der Waals surface area contributed by atoms with E-state index in [0.717, 1.165) is 51.9 Å². The Labute approximate surface area is 111 Å². The highest BCUT2D eigenvalue weighted by molar-refractivity contribution is 5.75. The lowest BCUT2D eigenvalue weighted by atomic mass is 10.1. The molecule has 0 rings (SSSR count). The van der Waals surface area contributed by atoms with Crippen LogP contribution in [0.25, 0.3) is 0 Å². The molecule has 0 aromatic carbocycles. The van der Waals surface area contributed by atoms with Crippen LogP contribution >= 0.6 is 0 Å². The minimum absolute atomic E-state index is 0.155. The fraction of sp³-hybridized carbons (Fsp3) is 0.923. The van der Waals surface area contributed by atoms with Crippen LogP contribution in [0, 0.1) is 0 Å². The van der Waals surface area contributed by atoms with E-state index >= 15 is 0 Å². The van der Waals surface area contributed by atoms with Crippen molar-refractivity contribution in [1.82, 2.24) is 10.2 Å². The van der Waals surface area contributed by atoms with E-state index in [2.05, 4.69) is 10.2 Å². The molecule has 5 heteroatoms. The molecule has 108 valence electrons. The van der Waals surface area contributed by atoms with Gasteiger partial charge in [0.2, 0.25) is 5.91 Å². The highest BCUT2D eigenvalue weighted by Crippen LogP contribution is 2.01. The van der Waals surface area contributed by atoms with Crippen molar-refractivity contribution >= 4 is 5.91 Å². The van der Waals surface area contributed by atoms with Crippen molar-refractivity contribution in [1.29, 1.82) is 0 Å². The first-order valence-corrected chi connectivity index (χ1v) is 6.85. The van der Waals surface area contributed by atoms with Crippen LogP contribution in [0.15, 0.2) is 0 Å². The summed E-state index contributed by atoms with van der Waals surface area (Å²) in [7, 11) is 3.72. The van der Waals surface area contributed by atoms with Crippen LogP contribution in [0.3, 0.4) is 0 Å². The molecule has 0 unspecified atom stereocenters. The molecule has 0 aliphatic carbocycles. The van der Waals surface area contributed by atoms with Gasteiger partial charge in [-0.2, -0.15) is 0 Å². The molecular formula is C13H29N3O2. The number of nitrogens with zero attached hydrogens (tertiary/aromatic N) is 1. The van der Waals surface area contributed by atoms with Gasteiger partial charge in [0.1, 0.15) is 0 Å². The van der Waals surface area contributed by atoms with Gasteiger partial charge in [-0.3, -0.25) is 4.79 Å². The van der Waals surface area contributed by atoms with Gasteiger partial charge in [0, 0.05) is 33.2 Å². The number of nitrogens with one attached hydrogen (secondary N) is 1. The Morgan fingerprint density at radius 2 is 1.94 bits per heavy atom. The lowest BCUT2D eigenvalue weighted by Crippen LogP contribution is -2.34. The topological polar surface area (TPSA) is 67.6 Å². The number of carbonyl (C=O) groups excluding carboxylic acids is 1. The number of unbranched alkanes of at least 4 members (excludes halogenated alkanes) is 3. The molecule has 0 aromatic rings. The minimum atomic E-state index is 0.155. The average molecular weight is 259 g/mol. The molecule has 1 amide bonds. The van der Waals surface area contributed by atoms with Crippen molar-refractivity contribution in [2.45, 2.75) is 32.1 Å². The summed E-state index contributed by atoms with van der Waals surface area (Å²) in [4.78, 5) is 13.6. The van der Waals surface area contributed by atoms with Crippen molar-refractivity contribution in [2.24, 2.45) is 5.73 Å². The number of likely N-dealkylation sites (N-methyl/N-ethyl adjacent to an activating group) is 1. The van der Waals surface area contributed by atoms with Gasteiger partial charge in [0.15, 0.2) is 0 Å². The summed E-state index contributed by atoms with van der Waals surface area (Å²) >= 11 is 0. The molecule has 0 aliphatic rings. The smallest absolute Gasteiger partial charge is 0.220 e. The maximum absolute atomic E-state index is 11.5. The van der Waals surface area contributed by atoms with Crippen LogP contribution in [-0.4, -0.2) is 57.8 Å². The van der Waals surface area contributed by atoms with Crippen molar-refractivity contribution in [3.05, 3.63) is 0 Å². The lowest BCUT2D eigenvalue weighted by molar-refractivity contribution is -0.121. The molecule has 0 fully saturated rings. The predicted molar refractivity (Wildman–Crippen MR) is 74.5 cm³/mol. The van der Waals surface area contributed by atoms with Gasteiger partial charge in [-0.1, -0.05) is 12.8 Å². The van der Waals surface area contributed by atoms with E-state index in [4.69, 9.17) is 10.5 Å². The summed E-state index contributed by atoms with van der Waals surface area (Å²) in [5.41, 5.74) is 5.41. The summed E-state index contributed by atoms with van der Waals surface area (Å²) in [6.07, 6.45) is 4.88. The van der Waals surface area contributed by atoms with Gasteiger partial charge < -0.3 is 20.7 Å². The zero-order valence-corrected chi connectivity index (χ0v) is 11.9. The fourth-order valence-corrected chi connectivity index (χ4v) is 1.62. The molecule has 0 aromatic heterocycles. The van der Waals surface area contributed by atoms with Crippen molar-refractivity contribution in [3.8, 4) is 0 Å². The lowest BCUT2D eigenvalue weighted by Gasteiger charge is -2.16. The Kier molecular flexibility index (Phi) is 12.3. The van der Waals surface area contributed by atoms with Gasteiger partial charge >= 0.3 is 0 Å². The second kappa shape index (κ2) is 12.8. The van der Waals surface area contributed by atoms with Crippen LogP contribution in [0.5, 0.6) is 0 Å². The molecule has 0 saturated heterocycles. The van der Waals surface area contributed by atoms with Crippen molar-refractivity contribution in [3.63, 3.8) is 0 Å². The molecule has 0 heterocycles. The zero-order valence-electron chi connectivity index (χ0n) is 11.9. The predicted octanol–water partition coefficient (Wildman–Crippen LogP) is 0.590. The first-order chi connectivity index (χ1) is 8.70. The second-order valence-corrected chi connectivity index (χ2v) is 4.60. The third-order valence-electron chi connectivity index (χ3n) is 2.85. The van der Waals surface area contributed by atoms with E-state index in [1.165, 1.54) is 0 Å². The molecule has 0 spiro atoms. The molecule has 0 aliphatic heterocycles. The van der Waals surface area contributed by atoms with Gasteiger partial charge in [-0.05, 0) is 26.4 Å². The number of ether oxygens (including phenoxy) is 1. The molecule has 0 saturated carbocycles. The van der Waals surface area contributed by atoms with E-state index in [9.17, 15) is 4.79 Å². The normalized spacial score (nSPS) is 10.9. The molecular weight excluding hydrogens is 230 g/mol. The van der Waals surface area contributed by atoms with Gasteiger partial charge in [-0.15, -0.1) is 0 Å². The summed E-state index contributed by atoms with van der Waals surface area (Å²) in [6.45, 7) is 3.95. The monoisotopic (exact) mass is 259 g/mol. The minimum Gasteiger partial charge on any atom is -0.383 e. The summed E-state index contributed by atoms with van der Waals surface area (Å²) < 4.78 is 4.99. The largest absolute Gasteiger partial charge is 0.383 e. The van der Waals surface area contributed by atoms with Crippen LogP contribution in [0.4, 0.5) is 0 Å². The fourth-order valence-electron chi connectivity index (χ4n) is 1.62. The number of amides is 1. The number of nitrogens with two attached hydrogens (primary N) is 1. The molecule has 5 nitrogen and oxygen atoms in total. The molecule has 0 atom stereocenters. The standard InChI is InChI=1S/C13H29N3O2/c1-16(11-12-18-2)10-9-15-13(17)7-5-3-4-6-8-14/h3-12,14H2,1-2H3,(H,15,17). The number of rotatable bonds is 12. The molecule has 3 N–H and O–H groups in total. The summed E-state index contributed by atoms with van der Waals surface area (Å²) in [6, 6.07) is 0. The van der Waals surface area contributed by atoms with Crippen LogP contribution in [0.2, 0.25) is 0 Å². The number of hydrogen-bond acceptors (Lipinski definition) is 4. The van der Waals surface area contributed by atoms with Gasteiger partial charge in [0.25, 0.3) is 0 Å². The van der Waals surface area contributed by atoms with E-state index in [0.29, 0.717) is 13.0 Å². The van der Waals surface area contributed by atoms with Gasteiger partial charge in [0.05, 0.1) is 6.61 Å².